The Morgan fingerprint density at radius 1 is 0.840 bits per heavy atom. The van der Waals surface area contributed by atoms with Crippen LogP contribution in [0.4, 0.5) is 0 Å². The molecule has 0 amide bonds. The quantitative estimate of drug-likeness (QED) is 0.521. The van der Waals surface area contributed by atoms with Crippen LogP contribution in [0.15, 0.2) is 72.8 Å². The molecule has 4 aromatic rings. The van der Waals surface area contributed by atoms with Crippen molar-refractivity contribution in [3.8, 4) is 0 Å². The SMILES string of the molecule is CC(Cc1cc2ccccc2[nH]1)N(C)Cc1ccc2ccccc2c1. The molecule has 0 radical (unpaired) electrons. The molecule has 2 heteroatoms. The van der Waals surface area contributed by atoms with Crippen LogP contribution in [0.2, 0.25) is 0 Å². The van der Waals surface area contributed by atoms with Gasteiger partial charge in [-0.3, -0.25) is 4.90 Å². The zero-order valence-corrected chi connectivity index (χ0v) is 14.9. The fourth-order valence-electron chi connectivity index (χ4n) is 3.50. The number of fused-ring (bicyclic) bond motifs is 2. The number of rotatable bonds is 5. The maximum absolute atomic E-state index is 3.54. The van der Waals surface area contributed by atoms with Gasteiger partial charge in [0.2, 0.25) is 0 Å². The molecule has 1 heterocycles. The summed E-state index contributed by atoms with van der Waals surface area (Å²) in [7, 11) is 2.21. The number of aromatic nitrogens is 1. The molecule has 25 heavy (non-hydrogen) atoms. The summed E-state index contributed by atoms with van der Waals surface area (Å²) >= 11 is 0. The van der Waals surface area contributed by atoms with Crippen molar-refractivity contribution in [3.05, 3.63) is 84.1 Å². The van der Waals surface area contributed by atoms with Gasteiger partial charge in [-0.2, -0.15) is 0 Å². The van der Waals surface area contributed by atoms with E-state index in [1.54, 1.807) is 0 Å². The Balaban J connectivity index is 1.46. The normalized spacial score (nSPS) is 12.9. The van der Waals surface area contributed by atoms with Crippen molar-refractivity contribution in [3.63, 3.8) is 0 Å². The molecule has 0 fully saturated rings. The third kappa shape index (κ3) is 3.45. The molecule has 0 spiro atoms. The zero-order chi connectivity index (χ0) is 17.2. The predicted octanol–water partition coefficient (Wildman–Crippen LogP) is 5.38. The summed E-state index contributed by atoms with van der Waals surface area (Å²) in [5.41, 5.74) is 3.89. The Kier molecular flexibility index (Phi) is 4.29. The zero-order valence-electron chi connectivity index (χ0n) is 14.9. The maximum atomic E-state index is 3.54. The largest absolute Gasteiger partial charge is 0.358 e. The van der Waals surface area contributed by atoms with Gasteiger partial charge in [0.15, 0.2) is 0 Å². The van der Waals surface area contributed by atoms with Crippen LogP contribution in [0.25, 0.3) is 21.7 Å². The van der Waals surface area contributed by atoms with Gasteiger partial charge in [0, 0.05) is 30.2 Å². The highest BCUT2D eigenvalue weighted by Crippen LogP contribution is 2.19. The minimum absolute atomic E-state index is 0.472. The molecule has 0 bridgehead atoms. The van der Waals surface area contributed by atoms with Gasteiger partial charge in [0.05, 0.1) is 0 Å². The van der Waals surface area contributed by atoms with Gasteiger partial charge in [-0.1, -0.05) is 54.6 Å². The van der Waals surface area contributed by atoms with Crippen molar-refractivity contribution >= 4 is 21.7 Å². The molecule has 1 unspecified atom stereocenters. The minimum atomic E-state index is 0.472. The van der Waals surface area contributed by atoms with E-state index >= 15 is 0 Å². The van der Waals surface area contributed by atoms with Gasteiger partial charge in [-0.15, -0.1) is 0 Å². The molecule has 0 saturated carbocycles. The number of nitrogens with one attached hydrogen (secondary N) is 1. The van der Waals surface area contributed by atoms with Gasteiger partial charge in [0.1, 0.15) is 0 Å². The van der Waals surface area contributed by atoms with Crippen LogP contribution in [0.1, 0.15) is 18.2 Å². The van der Waals surface area contributed by atoms with Crippen molar-refractivity contribution in [2.24, 2.45) is 0 Å². The van der Waals surface area contributed by atoms with E-state index in [-0.39, 0.29) is 0 Å². The summed E-state index contributed by atoms with van der Waals surface area (Å²) in [6.07, 6.45) is 1.03. The molecular formula is C23H24N2. The summed E-state index contributed by atoms with van der Waals surface area (Å²) < 4.78 is 0. The third-order valence-corrected chi connectivity index (χ3v) is 5.10. The number of nitrogens with zero attached hydrogens (tertiary/aromatic N) is 1. The molecule has 0 saturated heterocycles. The van der Waals surface area contributed by atoms with Gasteiger partial charge in [0.25, 0.3) is 0 Å². The molecule has 1 N–H and O–H groups in total. The molecular weight excluding hydrogens is 304 g/mol. The summed E-state index contributed by atoms with van der Waals surface area (Å²) in [5.74, 6) is 0. The Hall–Kier alpha value is -2.58. The van der Waals surface area contributed by atoms with Crippen LogP contribution in [-0.4, -0.2) is 23.0 Å². The number of benzene rings is 3. The van der Waals surface area contributed by atoms with Crippen LogP contribution in [-0.2, 0) is 13.0 Å². The molecule has 0 aliphatic carbocycles. The maximum Gasteiger partial charge on any atom is 0.0456 e. The fraction of sp³-hybridized carbons (Fsp3) is 0.217. The summed E-state index contributed by atoms with van der Waals surface area (Å²) in [6, 6.07) is 26.6. The molecule has 2 nitrogen and oxygen atoms in total. The highest BCUT2D eigenvalue weighted by atomic mass is 15.1. The third-order valence-electron chi connectivity index (χ3n) is 5.10. The second-order valence-corrected chi connectivity index (χ2v) is 7.03. The Bertz CT molecular complexity index is 966. The topological polar surface area (TPSA) is 19.0 Å². The van der Waals surface area contributed by atoms with E-state index in [2.05, 4.69) is 96.7 Å². The lowest BCUT2D eigenvalue weighted by molar-refractivity contribution is 0.247. The number of hydrogen-bond acceptors (Lipinski definition) is 1. The predicted molar refractivity (Wildman–Crippen MR) is 107 cm³/mol. The van der Waals surface area contributed by atoms with E-state index in [0.717, 1.165) is 13.0 Å². The van der Waals surface area contributed by atoms with Crippen molar-refractivity contribution in [2.75, 3.05) is 7.05 Å². The molecule has 0 aliphatic heterocycles. The number of aromatic amines is 1. The monoisotopic (exact) mass is 328 g/mol. The Morgan fingerprint density at radius 2 is 1.56 bits per heavy atom. The molecule has 3 aromatic carbocycles. The fourth-order valence-corrected chi connectivity index (χ4v) is 3.50. The summed E-state index contributed by atoms with van der Waals surface area (Å²) in [6.45, 7) is 3.26. The second-order valence-electron chi connectivity index (χ2n) is 7.03. The van der Waals surface area contributed by atoms with E-state index in [1.807, 2.05) is 0 Å². The van der Waals surface area contributed by atoms with E-state index in [0.29, 0.717) is 6.04 Å². The van der Waals surface area contributed by atoms with Crippen LogP contribution >= 0.6 is 0 Å². The number of likely N-dealkylation sites (N-methyl/N-ethyl adjacent to an activating group) is 1. The average molecular weight is 328 g/mol. The second kappa shape index (κ2) is 6.73. The van der Waals surface area contributed by atoms with Crippen LogP contribution in [0, 0.1) is 0 Å². The lowest BCUT2D eigenvalue weighted by atomic mass is 10.1. The first kappa shape index (κ1) is 15.9. The highest BCUT2D eigenvalue weighted by Gasteiger charge is 2.12. The van der Waals surface area contributed by atoms with E-state index in [1.165, 1.54) is 32.9 Å². The van der Waals surface area contributed by atoms with Gasteiger partial charge < -0.3 is 4.98 Å². The Labute approximate surface area is 149 Å². The number of hydrogen-bond donors (Lipinski definition) is 1. The lowest BCUT2D eigenvalue weighted by Gasteiger charge is -2.24. The van der Waals surface area contributed by atoms with Crippen LogP contribution < -0.4 is 0 Å². The van der Waals surface area contributed by atoms with E-state index < -0.39 is 0 Å². The van der Waals surface area contributed by atoms with Crippen molar-refractivity contribution in [2.45, 2.75) is 25.9 Å². The van der Waals surface area contributed by atoms with Crippen molar-refractivity contribution in [1.29, 1.82) is 0 Å². The van der Waals surface area contributed by atoms with E-state index in [9.17, 15) is 0 Å². The Morgan fingerprint density at radius 3 is 2.36 bits per heavy atom. The first-order valence-corrected chi connectivity index (χ1v) is 8.93. The molecule has 1 aromatic heterocycles. The average Bonchev–Trinajstić information content (AvgIpc) is 3.03. The standard InChI is InChI=1S/C23H24N2/c1-17(13-22-15-21-9-5-6-10-23(21)24-22)25(2)16-18-11-12-19-7-3-4-8-20(19)14-18/h3-12,14-15,17,24H,13,16H2,1-2H3. The van der Waals surface area contributed by atoms with Crippen LogP contribution in [0.5, 0.6) is 0 Å². The van der Waals surface area contributed by atoms with E-state index in [4.69, 9.17) is 0 Å². The smallest absolute Gasteiger partial charge is 0.0456 e. The molecule has 0 aliphatic rings. The summed E-state index contributed by atoms with van der Waals surface area (Å²) in [4.78, 5) is 5.97. The summed E-state index contributed by atoms with van der Waals surface area (Å²) in [5, 5.41) is 3.92. The van der Waals surface area contributed by atoms with Crippen molar-refractivity contribution in [1.82, 2.24) is 9.88 Å². The number of para-hydroxylation sites is 1. The van der Waals surface area contributed by atoms with Gasteiger partial charge in [-0.05, 0) is 53.9 Å². The first-order valence-electron chi connectivity index (χ1n) is 8.93. The van der Waals surface area contributed by atoms with Gasteiger partial charge >= 0.3 is 0 Å². The highest BCUT2D eigenvalue weighted by molar-refractivity contribution is 5.83. The van der Waals surface area contributed by atoms with Crippen molar-refractivity contribution < 1.29 is 0 Å². The first-order chi connectivity index (χ1) is 12.2. The van der Waals surface area contributed by atoms with Gasteiger partial charge in [-0.25, -0.2) is 0 Å². The molecule has 1 atom stereocenters. The lowest BCUT2D eigenvalue weighted by Crippen LogP contribution is -2.30. The van der Waals surface area contributed by atoms with Crippen LogP contribution in [0.3, 0.4) is 0 Å². The molecule has 126 valence electrons. The number of H-pyrrole nitrogens is 1. The minimum Gasteiger partial charge on any atom is -0.358 e. The molecule has 4 rings (SSSR count).